The number of amidine groups is 1. The number of nitrogens with one attached hydrogen (secondary N) is 1. The van der Waals surface area contributed by atoms with E-state index in [1.165, 1.54) is 5.56 Å². The van der Waals surface area contributed by atoms with E-state index in [1.807, 2.05) is 42.5 Å². The molecule has 1 aliphatic rings. The van der Waals surface area contributed by atoms with Crippen molar-refractivity contribution >= 4 is 17.8 Å². The first-order valence-corrected chi connectivity index (χ1v) is 8.07. The molecule has 0 radical (unpaired) electrons. The number of aryl methyl sites for hydroxylation is 1. The van der Waals surface area contributed by atoms with E-state index in [1.54, 1.807) is 20.3 Å². The second-order valence-electron chi connectivity index (χ2n) is 5.61. The Kier molecular flexibility index (Phi) is 4.84. The van der Waals surface area contributed by atoms with Crippen molar-refractivity contribution in [1.82, 2.24) is 5.32 Å². The van der Waals surface area contributed by atoms with Gasteiger partial charge in [0.1, 0.15) is 23.0 Å². The quantitative estimate of drug-likeness (QED) is 0.853. The van der Waals surface area contributed by atoms with Gasteiger partial charge in [0.2, 0.25) is 0 Å². The lowest BCUT2D eigenvalue weighted by atomic mass is 10.1. The minimum atomic E-state index is -0.234. The number of aliphatic imine (C=N–C) groups is 1. The van der Waals surface area contributed by atoms with Crippen molar-refractivity contribution < 1.29 is 14.3 Å². The van der Waals surface area contributed by atoms with Crippen LogP contribution in [-0.2, 0) is 11.2 Å². The molecular formula is C20H20N2O3. The molecule has 0 atom stereocenters. The normalized spacial score (nSPS) is 15.1. The third-order valence-electron chi connectivity index (χ3n) is 4.03. The fraction of sp³-hybridized carbons (Fsp3) is 0.200. The summed E-state index contributed by atoms with van der Waals surface area (Å²) in [6.07, 6.45) is 2.66. The van der Waals surface area contributed by atoms with Crippen LogP contribution in [0, 0.1) is 0 Å². The number of hydrogen-bond donors (Lipinski definition) is 1. The van der Waals surface area contributed by atoms with Gasteiger partial charge >= 0.3 is 0 Å². The second kappa shape index (κ2) is 7.21. The van der Waals surface area contributed by atoms with Crippen LogP contribution in [0.25, 0.3) is 6.08 Å². The molecule has 5 heteroatoms. The lowest BCUT2D eigenvalue weighted by molar-refractivity contribution is -0.115. The molecule has 0 spiro atoms. The largest absolute Gasteiger partial charge is 0.497 e. The van der Waals surface area contributed by atoms with Gasteiger partial charge in [0.05, 0.1) is 14.2 Å². The molecule has 128 valence electrons. The molecule has 0 saturated carbocycles. The summed E-state index contributed by atoms with van der Waals surface area (Å²) in [4.78, 5) is 16.8. The summed E-state index contributed by atoms with van der Waals surface area (Å²) in [5, 5.41) is 2.80. The average Bonchev–Trinajstić information content (AvgIpc) is 3.02. The van der Waals surface area contributed by atoms with Crippen molar-refractivity contribution in [2.24, 2.45) is 4.99 Å². The molecular weight excluding hydrogens is 316 g/mol. The number of hydrogen-bond acceptors (Lipinski definition) is 4. The third kappa shape index (κ3) is 3.55. The van der Waals surface area contributed by atoms with Crippen LogP contribution < -0.4 is 14.8 Å². The van der Waals surface area contributed by atoms with Gasteiger partial charge in [-0.2, -0.15) is 0 Å². The van der Waals surface area contributed by atoms with Crippen LogP contribution in [0.2, 0.25) is 0 Å². The van der Waals surface area contributed by atoms with Crippen molar-refractivity contribution in [3.05, 3.63) is 64.9 Å². The van der Waals surface area contributed by atoms with E-state index in [2.05, 4.69) is 17.2 Å². The molecule has 0 aliphatic carbocycles. The number of rotatable bonds is 5. The maximum absolute atomic E-state index is 12.3. The second-order valence-corrected chi connectivity index (χ2v) is 5.61. The van der Waals surface area contributed by atoms with E-state index in [-0.39, 0.29) is 5.91 Å². The minimum absolute atomic E-state index is 0.234. The number of benzene rings is 2. The van der Waals surface area contributed by atoms with Crippen molar-refractivity contribution in [2.75, 3.05) is 14.2 Å². The van der Waals surface area contributed by atoms with Crippen LogP contribution in [0.3, 0.4) is 0 Å². The molecule has 1 aliphatic heterocycles. The molecule has 25 heavy (non-hydrogen) atoms. The Morgan fingerprint density at radius 2 is 1.96 bits per heavy atom. The van der Waals surface area contributed by atoms with E-state index in [9.17, 15) is 4.79 Å². The lowest BCUT2D eigenvalue weighted by Crippen LogP contribution is -2.24. The SMILES string of the molecule is CCc1ccc(OC)c(/C=C2/N=C(c3cccc(OC)c3)NC2=O)c1. The van der Waals surface area contributed by atoms with Gasteiger partial charge in [-0.3, -0.25) is 4.79 Å². The Labute approximate surface area is 147 Å². The Balaban J connectivity index is 1.98. The smallest absolute Gasteiger partial charge is 0.275 e. The number of amides is 1. The van der Waals surface area contributed by atoms with Crippen LogP contribution in [0.5, 0.6) is 11.5 Å². The van der Waals surface area contributed by atoms with Crippen molar-refractivity contribution in [3.8, 4) is 11.5 Å². The molecule has 1 heterocycles. The molecule has 1 N–H and O–H groups in total. The third-order valence-corrected chi connectivity index (χ3v) is 4.03. The zero-order valence-electron chi connectivity index (χ0n) is 14.5. The van der Waals surface area contributed by atoms with E-state index in [0.29, 0.717) is 23.0 Å². The first-order valence-electron chi connectivity index (χ1n) is 8.07. The Hall–Kier alpha value is -3.08. The molecule has 0 aromatic heterocycles. The molecule has 3 rings (SSSR count). The fourth-order valence-electron chi connectivity index (χ4n) is 2.64. The number of nitrogens with zero attached hydrogens (tertiary/aromatic N) is 1. The molecule has 0 saturated heterocycles. The summed E-state index contributed by atoms with van der Waals surface area (Å²) in [7, 11) is 3.22. The van der Waals surface area contributed by atoms with Crippen LogP contribution in [-0.4, -0.2) is 26.0 Å². The summed E-state index contributed by atoms with van der Waals surface area (Å²) in [6.45, 7) is 2.08. The van der Waals surface area contributed by atoms with Gasteiger partial charge in [-0.1, -0.05) is 25.1 Å². The highest BCUT2D eigenvalue weighted by Crippen LogP contribution is 2.25. The summed E-state index contributed by atoms with van der Waals surface area (Å²) in [5.74, 6) is 1.70. The number of ether oxygens (including phenoxy) is 2. The van der Waals surface area contributed by atoms with Crippen LogP contribution in [0.15, 0.2) is 53.2 Å². The molecule has 5 nitrogen and oxygen atoms in total. The number of carbonyl (C=O) groups excluding carboxylic acids is 1. The van der Waals surface area contributed by atoms with Crippen molar-refractivity contribution in [1.29, 1.82) is 0 Å². The molecule has 2 aromatic carbocycles. The Morgan fingerprint density at radius 1 is 1.12 bits per heavy atom. The predicted octanol–water partition coefficient (Wildman–Crippen LogP) is 3.18. The van der Waals surface area contributed by atoms with E-state index < -0.39 is 0 Å². The zero-order chi connectivity index (χ0) is 17.8. The zero-order valence-corrected chi connectivity index (χ0v) is 14.5. The molecule has 0 unspecified atom stereocenters. The monoisotopic (exact) mass is 336 g/mol. The maximum Gasteiger partial charge on any atom is 0.275 e. The van der Waals surface area contributed by atoms with Gasteiger partial charge in [-0.05, 0) is 42.3 Å². The molecule has 0 bridgehead atoms. The van der Waals surface area contributed by atoms with Gasteiger partial charge in [0.15, 0.2) is 0 Å². The van der Waals surface area contributed by atoms with Crippen LogP contribution in [0.1, 0.15) is 23.6 Å². The molecule has 0 fully saturated rings. The van der Waals surface area contributed by atoms with E-state index in [4.69, 9.17) is 9.47 Å². The Bertz CT molecular complexity index is 869. The van der Waals surface area contributed by atoms with Gasteiger partial charge in [0, 0.05) is 11.1 Å². The molecule has 2 aromatic rings. The highest BCUT2D eigenvalue weighted by Gasteiger charge is 2.22. The lowest BCUT2D eigenvalue weighted by Gasteiger charge is -2.07. The van der Waals surface area contributed by atoms with Gasteiger partial charge in [-0.25, -0.2) is 4.99 Å². The summed E-state index contributed by atoms with van der Waals surface area (Å²) in [6, 6.07) is 13.4. The topological polar surface area (TPSA) is 59.9 Å². The average molecular weight is 336 g/mol. The first-order chi connectivity index (χ1) is 12.1. The van der Waals surface area contributed by atoms with Crippen LogP contribution in [0.4, 0.5) is 0 Å². The van der Waals surface area contributed by atoms with Crippen molar-refractivity contribution in [3.63, 3.8) is 0 Å². The molecule has 1 amide bonds. The first kappa shape index (κ1) is 16.8. The van der Waals surface area contributed by atoms with Gasteiger partial charge < -0.3 is 14.8 Å². The van der Waals surface area contributed by atoms with E-state index >= 15 is 0 Å². The summed E-state index contributed by atoms with van der Waals surface area (Å²) >= 11 is 0. The fourth-order valence-corrected chi connectivity index (χ4v) is 2.64. The van der Waals surface area contributed by atoms with Gasteiger partial charge in [0.25, 0.3) is 5.91 Å². The van der Waals surface area contributed by atoms with Crippen molar-refractivity contribution in [2.45, 2.75) is 13.3 Å². The van der Waals surface area contributed by atoms with Crippen LogP contribution >= 0.6 is 0 Å². The number of methoxy groups -OCH3 is 2. The standard InChI is InChI=1S/C20H20N2O3/c1-4-13-8-9-18(25-3)15(10-13)12-17-20(23)22-19(21-17)14-6-5-7-16(11-14)24-2/h5-12H,4H2,1-3H3,(H,21,22,23)/b17-12+. The highest BCUT2D eigenvalue weighted by atomic mass is 16.5. The minimum Gasteiger partial charge on any atom is -0.497 e. The summed E-state index contributed by atoms with van der Waals surface area (Å²) < 4.78 is 10.6. The highest BCUT2D eigenvalue weighted by molar-refractivity contribution is 6.19. The van der Waals surface area contributed by atoms with Gasteiger partial charge in [-0.15, -0.1) is 0 Å². The Morgan fingerprint density at radius 3 is 2.68 bits per heavy atom. The summed E-state index contributed by atoms with van der Waals surface area (Å²) in [5.41, 5.74) is 3.15. The number of carbonyl (C=O) groups is 1. The maximum atomic E-state index is 12.3. The predicted molar refractivity (Wildman–Crippen MR) is 98.0 cm³/mol. The van der Waals surface area contributed by atoms with E-state index in [0.717, 1.165) is 17.5 Å².